The van der Waals surface area contributed by atoms with Gasteiger partial charge in [-0.1, -0.05) is 81.4 Å². The first kappa shape index (κ1) is 38.5. The van der Waals surface area contributed by atoms with Gasteiger partial charge in [0.25, 0.3) is 0 Å². The lowest BCUT2D eigenvalue weighted by molar-refractivity contribution is -0.136. The lowest BCUT2D eigenvalue weighted by Gasteiger charge is -2.29. The smallest absolute Gasteiger partial charge is 0.224 e. The van der Waals surface area contributed by atoms with Crippen molar-refractivity contribution in [3.63, 3.8) is 0 Å². The number of carbonyl (C=O) groups excluding carboxylic acids is 5. The summed E-state index contributed by atoms with van der Waals surface area (Å²) in [5.41, 5.74) is 1.10. The van der Waals surface area contributed by atoms with Gasteiger partial charge in [0.1, 0.15) is 5.78 Å². The highest BCUT2D eigenvalue weighted by Crippen LogP contribution is 2.48. The third-order valence-electron chi connectivity index (χ3n) is 10.6. The van der Waals surface area contributed by atoms with Crippen LogP contribution in [0.5, 0.6) is 0 Å². The molecule has 1 aliphatic carbocycles. The molecule has 5 rings (SSSR count). The largest absolute Gasteiger partial charge is 0.379 e. The van der Waals surface area contributed by atoms with E-state index in [-0.39, 0.29) is 66.5 Å². The molecule has 2 aromatic carbocycles. The van der Waals surface area contributed by atoms with E-state index in [1.807, 2.05) is 81.4 Å². The molecule has 2 saturated heterocycles. The molecule has 2 heterocycles. The van der Waals surface area contributed by atoms with Crippen LogP contribution in [0.2, 0.25) is 0 Å². The van der Waals surface area contributed by atoms with Crippen molar-refractivity contribution in [2.75, 3.05) is 32.8 Å². The molecule has 0 aromatic heterocycles. The predicted molar refractivity (Wildman–Crippen MR) is 194 cm³/mol. The van der Waals surface area contributed by atoms with Gasteiger partial charge in [0.05, 0.1) is 37.9 Å². The molecule has 1 unspecified atom stereocenters. The van der Waals surface area contributed by atoms with Gasteiger partial charge in [-0.3, -0.25) is 28.9 Å². The molecule has 3 fully saturated rings. The van der Waals surface area contributed by atoms with E-state index in [0.29, 0.717) is 58.4 Å². The molecule has 0 bridgehead atoms. The number of nitrogens with one attached hydrogen (secondary N) is 2. The summed E-state index contributed by atoms with van der Waals surface area (Å²) in [6.45, 7) is 10.6. The van der Waals surface area contributed by atoms with Crippen molar-refractivity contribution < 1.29 is 33.4 Å². The topological polar surface area (TPSA) is 134 Å². The first-order valence-electron chi connectivity index (χ1n) is 18.7. The molecule has 10 nitrogen and oxygen atoms in total. The molecule has 2 amide bonds. The number of ether oxygens (including phenoxy) is 2. The summed E-state index contributed by atoms with van der Waals surface area (Å²) >= 11 is 0. The molecule has 0 spiro atoms. The maximum Gasteiger partial charge on any atom is 0.224 e. The lowest BCUT2D eigenvalue weighted by Crippen LogP contribution is -2.53. The highest BCUT2D eigenvalue weighted by molar-refractivity contribution is 5.99. The van der Waals surface area contributed by atoms with Crippen LogP contribution in [0, 0.1) is 23.7 Å². The number of epoxide rings is 1. The van der Waals surface area contributed by atoms with E-state index in [4.69, 9.17) is 9.47 Å². The Kier molecular flexibility index (Phi) is 13.3. The number of aryl methyl sites for hydroxylation is 1. The van der Waals surface area contributed by atoms with E-state index in [1.165, 1.54) is 0 Å². The Morgan fingerprint density at radius 2 is 1.55 bits per heavy atom. The highest BCUT2D eigenvalue weighted by Gasteiger charge is 2.65. The number of hydrogen-bond acceptors (Lipinski definition) is 8. The summed E-state index contributed by atoms with van der Waals surface area (Å²) in [6.07, 6.45) is 2.13. The fourth-order valence-electron chi connectivity index (χ4n) is 7.68. The summed E-state index contributed by atoms with van der Waals surface area (Å²) in [4.78, 5) is 70.6. The van der Waals surface area contributed by atoms with E-state index in [9.17, 15) is 24.0 Å². The minimum atomic E-state index is -0.867. The zero-order valence-corrected chi connectivity index (χ0v) is 30.6. The van der Waals surface area contributed by atoms with Crippen molar-refractivity contribution >= 4 is 29.2 Å². The van der Waals surface area contributed by atoms with Gasteiger partial charge >= 0.3 is 0 Å². The van der Waals surface area contributed by atoms with Gasteiger partial charge in [-0.25, -0.2) is 0 Å². The molecule has 2 aliphatic heterocycles. The number of benzene rings is 2. The number of hydrogen-bond donors (Lipinski definition) is 2. The molecule has 2 aromatic rings. The number of morpholine rings is 1. The molecule has 2 N–H and O–H groups in total. The van der Waals surface area contributed by atoms with Crippen LogP contribution < -0.4 is 10.6 Å². The first-order chi connectivity index (χ1) is 24.4. The second-order valence-corrected chi connectivity index (χ2v) is 15.4. The summed E-state index contributed by atoms with van der Waals surface area (Å²) in [6, 6.07) is 17.9. The van der Waals surface area contributed by atoms with Crippen molar-refractivity contribution in [3.05, 3.63) is 71.8 Å². The van der Waals surface area contributed by atoms with E-state index < -0.39 is 29.5 Å². The van der Waals surface area contributed by atoms with Gasteiger partial charge in [-0.15, -0.1) is 0 Å². The number of ketones is 3. The molecule has 1 saturated carbocycles. The van der Waals surface area contributed by atoms with Gasteiger partial charge in [0, 0.05) is 37.8 Å². The summed E-state index contributed by atoms with van der Waals surface area (Å²) < 4.78 is 11.2. The Bertz CT molecular complexity index is 1510. The molecule has 3 aliphatic rings. The van der Waals surface area contributed by atoms with E-state index in [1.54, 1.807) is 6.92 Å². The van der Waals surface area contributed by atoms with Crippen LogP contribution in [-0.4, -0.2) is 90.7 Å². The van der Waals surface area contributed by atoms with E-state index >= 15 is 0 Å². The number of nitrogens with zero attached hydrogens (tertiary/aromatic N) is 1. The van der Waals surface area contributed by atoms with Crippen LogP contribution in [0.25, 0.3) is 0 Å². The Hall–Kier alpha value is -3.73. The summed E-state index contributed by atoms with van der Waals surface area (Å²) in [5, 5.41) is 6.01. The van der Waals surface area contributed by atoms with E-state index in [2.05, 4.69) is 15.5 Å². The normalized spacial score (nSPS) is 25.0. The zero-order chi connectivity index (χ0) is 36.5. The molecule has 10 heteroatoms. The number of fused-ring (bicyclic) bond motifs is 1. The Morgan fingerprint density at radius 1 is 0.902 bits per heavy atom. The average Bonchev–Trinajstić information content (AvgIpc) is 3.83. The fraction of sp³-hybridized carbons (Fsp3) is 0.585. The van der Waals surface area contributed by atoms with Gasteiger partial charge in [0.2, 0.25) is 11.8 Å². The highest BCUT2D eigenvalue weighted by atomic mass is 16.6. The lowest BCUT2D eigenvalue weighted by atomic mass is 9.79. The van der Waals surface area contributed by atoms with Gasteiger partial charge in [-0.2, -0.15) is 0 Å². The minimum absolute atomic E-state index is 0.0141. The fourth-order valence-corrected chi connectivity index (χ4v) is 7.68. The quantitative estimate of drug-likeness (QED) is 0.222. The SMILES string of the molecule is CC(C)C[C@H](NC(=O)[C@H](CCc1ccccc1)CC(=O)CN1CCOCC1)C(=O)C[C@@H](Cc1ccccc1)C(=O)N[C@H]1CC(C)[C@H]2O[C@@]2(C)C1=O. The number of Topliss-reactive ketones (excluding diaryl/α,β-unsaturated/α-hetero) is 3. The third kappa shape index (κ3) is 10.7. The average molecular weight is 702 g/mol. The standard InChI is InChI=1S/C41H55N3O7/c1-27(2)21-34(42-39(48)31(16-15-29-11-7-5-8-12-29)24-33(45)26-44-17-19-50-20-18-44)36(46)25-32(23-30-13-9-6-10-14-30)40(49)43-35-22-28(3)38-41(4,51-38)37(35)47/h5-14,27-28,31-32,34-35,38H,15-26H2,1-4H3,(H,42,48)(H,43,49)/t28?,31-,32-,34+,35+,38-,41+/m1/s1. The molecule has 7 atom stereocenters. The second kappa shape index (κ2) is 17.7. The maximum absolute atomic E-state index is 14.2. The van der Waals surface area contributed by atoms with Crippen molar-refractivity contribution in [2.24, 2.45) is 23.7 Å². The Labute approximate surface area is 302 Å². The summed E-state index contributed by atoms with van der Waals surface area (Å²) in [7, 11) is 0. The minimum Gasteiger partial charge on any atom is -0.379 e. The van der Waals surface area contributed by atoms with Gasteiger partial charge in [0.15, 0.2) is 17.2 Å². The molecular formula is C41H55N3O7. The number of amides is 2. The van der Waals surface area contributed by atoms with Gasteiger partial charge in [-0.05, 0) is 62.0 Å². The maximum atomic E-state index is 14.2. The van der Waals surface area contributed by atoms with Crippen LogP contribution >= 0.6 is 0 Å². The van der Waals surface area contributed by atoms with Crippen molar-refractivity contribution in [3.8, 4) is 0 Å². The predicted octanol–water partition coefficient (Wildman–Crippen LogP) is 4.13. The third-order valence-corrected chi connectivity index (χ3v) is 10.6. The van der Waals surface area contributed by atoms with Crippen LogP contribution in [0.1, 0.15) is 70.9 Å². The monoisotopic (exact) mass is 701 g/mol. The second-order valence-electron chi connectivity index (χ2n) is 15.4. The Balaban J connectivity index is 1.29. The molecule has 51 heavy (non-hydrogen) atoms. The van der Waals surface area contributed by atoms with Crippen LogP contribution in [0.15, 0.2) is 60.7 Å². The molecule has 276 valence electrons. The van der Waals surface area contributed by atoms with Crippen molar-refractivity contribution in [1.82, 2.24) is 15.5 Å². The Morgan fingerprint density at radius 3 is 2.20 bits per heavy atom. The van der Waals surface area contributed by atoms with Gasteiger partial charge < -0.3 is 20.1 Å². The molecular weight excluding hydrogens is 646 g/mol. The molecule has 0 radical (unpaired) electrons. The first-order valence-corrected chi connectivity index (χ1v) is 18.7. The van der Waals surface area contributed by atoms with Crippen LogP contribution in [0.3, 0.4) is 0 Å². The van der Waals surface area contributed by atoms with Crippen molar-refractivity contribution in [1.29, 1.82) is 0 Å². The van der Waals surface area contributed by atoms with Crippen LogP contribution in [-0.2, 0) is 46.3 Å². The van der Waals surface area contributed by atoms with Crippen LogP contribution in [0.4, 0.5) is 0 Å². The number of rotatable bonds is 18. The van der Waals surface area contributed by atoms with Crippen molar-refractivity contribution in [2.45, 2.75) is 96.4 Å². The van der Waals surface area contributed by atoms with E-state index in [0.717, 1.165) is 11.1 Å². The number of carbonyl (C=O) groups is 5. The zero-order valence-electron chi connectivity index (χ0n) is 30.6. The summed E-state index contributed by atoms with van der Waals surface area (Å²) in [5.74, 6) is -2.21.